The molecule has 0 aliphatic heterocycles. The van der Waals surface area contributed by atoms with Gasteiger partial charge in [0.1, 0.15) is 17.8 Å². The van der Waals surface area contributed by atoms with Crippen LogP contribution in [-0.2, 0) is 25.6 Å². The van der Waals surface area contributed by atoms with Crippen molar-refractivity contribution >= 4 is 36.3 Å². The summed E-state index contributed by atoms with van der Waals surface area (Å²) < 4.78 is 0. The molecule has 1 aromatic carbocycles. The second kappa shape index (κ2) is 12.8. The van der Waals surface area contributed by atoms with E-state index < -0.39 is 41.8 Å². The zero-order valence-corrected chi connectivity index (χ0v) is 18.4. The number of hydrogen-bond acceptors (Lipinski definition) is 7. The highest BCUT2D eigenvalue weighted by atomic mass is 32.1. The van der Waals surface area contributed by atoms with E-state index in [9.17, 15) is 29.4 Å². The number of benzene rings is 1. The predicted octanol–water partition coefficient (Wildman–Crippen LogP) is -0.592. The lowest BCUT2D eigenvalue weighted by atomic mass is 9.99. The number of nitrogens with one attached hydrogen (secondary N) is 3. The molecule has 10 nitrogen and oxygen atoms in total. The Kier molecular flexibility index (Phi) is 10.8. The summed E-state index contributed by atoms with van der Waals surface area (Å²) in [6.07, 6.45) is 0.690. The van der Waals surface area contributed by atoms with Gasteiger partial charge in [0.25, 0.3) is 0 Å². The van der Waals surface area contributed by atoms with Crippen LogP contribution in [0.15, 0.2) is 24.3 Å². The Morgan fingerprint density at radius 1 is 1.06 bits per heavy atom. The van der Waals surface area contributed by atoms with Crippen molar-refractivity contribution in [2.24, 2.45) is 11.7 Å². The molecule has 31 heavy (non-hydrogen) atoms. The molecule has 172 valence electrons. The first kappa shape index (κ1) is 26.2. The number of aliphatic carboxylic acids is 1. The lowest BCUT2D eigenvalue weighted by Gasteiger charge is -2.21. The topological polar surface area (TPSA) is 171 Å². The normalized spacial score (nSPS) is 14.6. The van der Waals surface area contributed by atoms with Crippen LogP contribution in [0, 0.1) is 5.92 Å². The van der Waals surface area contributed by atoms with Crippen molar-refractivity contribution < 1.29 is 29.4 Å². The molecule has 1 aromatic rings. The summed E-state index contributed by atoms with van der Waals surface area (Å²) in [4.78, 5) is 48.1. The highest BCUT2D eigenvalue weighted by Gasteiger charge is 2.26. The van der Waals surface area contributed by atoms with E-state index >= 15 is 0 Å². The molecule has 4 atom stereocenters. The molecular formula is C20H30N4O6S. The molecule has 11 heteroatoms. The molecule has 0 spiro atoms. The van der Waals surface area contributed by atoms with Crippen LogP contribution in [0.5, 0.6) is 5.75 Å². The molecule has 0 heterocycles. The van der Waals surface area contributed by atoms with Gasteiger partial charge in [-0.05, 0) is 23.6 Å². The highest BCUT2D eigenvalue weighted by molar-refractivity contribution is 7.80. The number of amides is 3. The van der Waals surface area contributed by atoms with Crippen molar-refractivity contribution in [3.05, 3.63) is 29.8 Å². The van der Waals surface area contributed by atoms with E-state index in [1.54, 1.807) is 12.1 Å². The Morgan fingerprint density at radius 3 is 2.19 bits per heavy atom. The smallest absolute Gasteiger partial charge is 0.326 e. The molecular weight excluding hydrogens is 424 g/mol. The van der Waals surface area contributed by atoms with Crippen LogP contribution in [-0.4, -0.2) is 64.3 Å². The predicted molar refractivity (Wildman–Crippen MR) is 118 cm³/mol. The van der Waals surface area contributed by atoms with E-state index in [1.807, 2.05) is 13.8 Å². The minimum Gasteiger partial charge on any atom is -0.508 e. The third-order valence-electron chi connectivity index (χ3n) is 4.81. The van der Waals surface area contributed by atoms with Crippen LogP contribution in [0.2, 0.25) is 0 Å². The Morgan fingerprint density at radius 2 is 1.68 bits per heavy atom. The fraction of sp³-hybridized carbons (Fsp3) is 0.500. The maximum absolute atomic E-state index is 12.5. The number of carbonyl (C=O) groups is 4. The van der Waals surface area contributed by atoms with Gasteiger partial charge in [-0.2, -0.15) is 12.6 Å². The minimum absolute atomic E-state index is 0.0157. The summed E-state index contributed by atoms with van der Waals surface area (Å²) in [7, 11) is 0. The van der Waals surface area contributed by atoms with E-state index in [0.29, 0.717) is 12.0 Å². The molecule has 7 N–H and O–H groups in total. The molecule has 1 rings (SSSR count). The van der Waals surface area contributed by atoms with E-state index in [0.717, 1.165) is 0 Å². The molecule has 0 saturated heterocycles. The molecule has 0 radical (unpaired) electrons. The molecule has 3 amide bonds. The van der Waals surface area contributed by atoms with Crippen molar-refractivity contribution in [3.63, 3.8) is 0 Å². The Balaban J connectivity index is 2.63. The largest absolute Gasteiger partial charge is 0.508 e. The van der Waals surface area contributed by atoms with E-state index in [1.165, 1.54) is 12.1 Å². The van der Waals surface area contributed by atoms with Crippen LogP contribution in [0.4, 0.5) is 0 Å². The Labute approximate surface area is 186 Å². The Bertz CT molecular complexity index is 773. The van der Waals surface area contributed by atoms with Gasteiger partial charge in [0.05, 0.1) is 12.6 Å². The molecule has 0 saturated carbocycles. The zero-order valence-electron chi connectivity index (χ0n) is 17.5. The van der Waals surface area contributed by atoms with Crippen LogP contribution in [0.25, 0.3) is 0 Å². The second-order valence-electron chi connectivity index (χ2n) is 7.20. The summed E-state index contributed by atoms with van der Waals surface area (Å²) >= 11 is 4.04. The lowest BCUT2D eigenvalue weighted by molar-refractivity contribution is -0.142. The number of carboxylic acids is 1. The third kappa shape index (κ3) is 8.85. The quantitative estimate of drug-likeness (QED) is 0.207. The van der Waals surface area contributed by atoms with Crippen molar-refractivity contribution in [1.29, 1.82) is 0 Å². The van der Waals surface area contributed by atoms with Crippen molar-refractivity contribution in [1.82, 2.24) is 16.0 Å². The van der Waals surface area contributed by atoms with Crippen molar-refractivity contribution in [2.45, 2.75) is 44.8 Å². The van der Waals surface area contributed by atoms with E-state index in [2.05, 4.69) is 28.6 Å². The van der Waals surface area contributed by atoms with Crippen LogP contribution in [0.1, 0.15) is 25.8 Å². The van der Waals surface area contributed by atoms with Gasteiger partial charge in [0.15, 0.2) is 0 Å². The molecule has 4 unspecified atom stereocenters. The SMILES string of the molecule is CCC(C)C(N)C(=O)NCC(=O)NC(CS)C(=O)NC(Cc1ccc(O)cc1)C(=O)O. The number of phenols is 1. The van der Waals surface area contributed by atoms with Gasteiger partial charge < -0.3 is 31.9 Å². The van der Waals surface area contributed by atoms with Crippen molar-refractivity contribution in [3.8, 4) is 5.75 Å². The first-order valence-electron chi connectivity index (χ1n) is 9.83. The van der Waals surface area contributed by atoms with Crippen molar-refractivity contribution in [2.75, 3.05) is 12.3 Å². The molecule has 0 aliphatic carbocycles. The maximum Gasteiger partial charge on any atom is 0.326 e. The summed E-state index contributed by atoms with van der Waals surface area (Å²) in [6.45, 7) is 3.34. The summed E-state index contributed by atoms with van der Waals surface area (Å²) in [5.41, 5.74) is 6.39. The first-order valence-corrected chi connectivity index (χ1v) is 10.5. The van der Waals surface area contributed by atoms with E-state index in [-0.39, 0.29) is 30.4 Å². The van der Waals surface area contributed by atoms with Gasteiger partial charge in [-0.3, -0.25) is 14.4 Å². The average Bonchev–Trinajstić information content (AvgIpc) is 2.75. The van der Waals surface area contributed by atoms with Gasteiger partial charge in [0.2, 0.25) is 17.7 Å². The van der Waals surface area contributed by atoms with Crippen LogP contribution in [0.3, 0.4) is 0 Å². The van der Waals surface area contributed by atoms with Gasteiger partial charge in [-0.15, -0.1) is 0 Å². The van der Waals surface area contributed by atoms with E-state index in [4.69, 9.17) is 5.73 Å². The molecule has 0 aromatic heterocycles. The van der Waals surface area contributed by atoms with Crippen LogP contribution >= 0.6 is 12.6 Å². The number of phenolic OH excluding ortho intramolecular Hbond substituents is 1. The fourth-order valence-corrected chi connectivity index (χ4v) is 2.83. The minimum atomic E-state index is -1.25. The number of hydrogen-bond donors (Lipinski definition) is 7. The summed E-state index contributed by atoms with van der Waals surface area (Å²) in [6, 6.07) is 2.81. The lowest BCUT2D eigenvalue weighted by Crippen LogP contribution is -2.55. The molecule has 0 fully saturated rings. The average molecular weight is 455 g/mol. The number of carbonyl (C=O) groups excluding carboxylic acids is 3. The molecule has 0 bridgehead atoms. The highest BCUT2D eigenvalue weighted by Crippen LogP contribution is 2.11. The number of thiol groups is 1. The third-order valence-corrected chi connectivity index (χ3v) is 5.17. The fourth-order valence-electron chi connectivity index (χ4n) is 2.58. The zero-order chi connectivity index (χ0) is 23.6. The monoisotopic (exact) mass is 454 g/mol. The first-order chi connectivity index (χ1) is 14.6. The maximum atomic E-state index is 12.5. The number of rotatable bonds is 12. The summed E-state index contributed by atoms with van der Waals surface area (Å²) in [5.74, 6) is -3.19. The van der Waals surface area contributed by atoms with Gasteiger partial charge in [-0.25, -0.2) is 4.79 Å². The molecule has 0 aliphatic rings. The standard InChI is InChI=1S/C20H30N4O6S/c1-3-11(2)17(21)19(28)22-9-16(26)23-15(10-31)18(27)24-14(20(29)30)8-12-4-6-13(25)7-5-12/h4-7,11,14-15,17,25,31H,3,8-10,21H2,1-2H3,(H,22,28)(H,23,26)(H,24,27)(H,29,30). The van der Waals surface area contributed by atoms with Crippen LogP contribution < -0.4 is 21.7 Å². The number of nitrogens with two attached hydrogens (primary N) is 1. The number of aromatic hydroxyl groups is 1. The second-order valence-corrected chi connectivity index (χ2v) is 7.57. The Hall–Kier alpha value is -2.79. The van der Waals surface area contributed by atoms with Gasteiger partial charge in [-0.1, -0.05) is 32.4 Å². The van der Waals surface area contributed by atoms with Gasteiger partial charge >= 0.3 is 5.97 Å². The van der Waals surface area contributed by atoms with Gasteiger partial charge in [0, 0.05) is 12.2 Å². The number of carboxylic acid groups (broad SMARTS) is 1. The summed E-state index contributed by atoms with van der Waals surface area (Å²) in [5, 5.41) is 25.9.